The van der Waals surface area contributed by atoms with Gasteiger partial charge in [-0.15, -0.1) is 0 Å². The molecule has 2 rings (SSSR count). The number of nitrogens with two attached hydrogens (primary N) is 1. The molecule has 18 heavy (non-hydrogen) atoms. The van der Waals surface area contributed by atoms with Crippen LogP contribution in [0.4, 0.5) is 11.4 Å². The molecule has 0 saturated carbocycles. The van der Waals surface area contributed by atoms with E-state index in [9.17, 15) is 0 Å². The van der Waals surface area contributed by atoms with Crippen LogP contribution in [0.15, 0.2) is 42.5 Å². The molecular weight excluding hydrogens is 224 g/mol. The smallest absolute Gasteiger partial charge is 0.0681 e. The number of nitrogens with one attached hydrogen (secondary N) is 1. The monoisotopic (exact) mass is 242 g/mol. The van der Waals surface area contributed by atoms with E-state index in [-0.39, 0.29) is 6.61 Å². The summed E-state index contributed by atoms with van der Waals surface area (Å²) >= 11 is 0. The summed E-state index contributed by atoms with van der Waals surface area (Å²) in [6.45, 7) is 2.84. The highest BCUT2D eigenvalue weighted by Gasteiger charge is 1.99. The topological polar surface area (TPSA) is 58.3 Å². The van der Waals surface area contributed by atoms with E-state index in [0.29, 0.717) is 0 Å². The van der Waals surface area contributed by atoms with Crippen LogP contribution in [0.1, 0.15) is 16.7 Å². The van der Waals surface area contributed by atoms with Crippen LogP contribution in [0, 0.1) is 6.92 Å². The Balaban J connectivity index is 2.06. The standard InChI is InChI=1S/C15H18N2O/c1-11-7-14(16)5-6-15(11)17-9-12-3-2-4-13(8-12)10-18/h2-8,17-18H,9-10,16H2,1H3. The zero-order valence-corrected chi connectivity index (χ0v) is 10.5. The van der Waals surface area contributed by atoms with Gasteiger partial charge in [0.2, 0.25) is 0 Å². The lowest BCUT2D eigenvalue weighted by Crippen LogP contribution is -2.02. The van der Waals surface area contributed by atoms with E-state index in [1.807, 2.05) is 49.4 Å². The highest BCUT2D eigenvalue weighted by atomic mass is 16.3. The first-order chi connectivity index (χ1) is 8.69. The molecule has 0 bridgehead atoms. The largest absolute Gasteiger partial charge is 0.399 e. The number of aliphatic hydroxyl groups is 1. The molecule has 0 fully saturated rings. The molecule has 0 radical (unpaired) electrons. The fourth-order valence-electron chi connectivity index (χ4n) is 1.92. The summed E-state index contributed by atoms with van der Waals surface area (Å²) in [5, 5.41) is 12.5. The van der Waals surface area contributed by atoms with Gasteiger partial charge < -0.3 is 16.2 Å². The second-order valence-corrected chi connectivity index (χ2v) is 4.41. The average Bonchev–Trinajstić information content (AvgIpc) is 2.38. The maximum Gasteiger partial charge on any atom is 0.0681 e. The molecule has 0 aromatic heterocycles. The second kappa shape index (κ2) is 5.56. The Hall–Kier alpha value is -2.00. The Morgan fingerprint density at radius 2 is 1.89 bits per heavy atom. The highest BCUT2D eigenvalue weighted by Crippen LogP contribution is 2.18. The summed E-state index contributed by atoms with van der Waals surface area (Å²) in [5.41, 5.74) is 10.8. The van der Waals surface area contributed by atoms with E-state index < -0.39 is 0 Å². The molecule has 0 heterocycles. The van der Waals surface area contributed by atoms with Crippen molar-refractivity contribution in [2.24, 2.45) is 0 Å². The second-order valence-electron chi connectivity index (χ2n) is 4.41. The van der Waals surface area contributed by atoms with Crippen molar-refractivity contribution >= 4 is 11.4 Å². The van der Waals surface area contributed by atoms with Crippen molar-refractivity contribution in [3.05, 3.63) is 59.2 Å². The normalized spacial score (nSPS) is 10.3. The van der Waals surface area contributed by atoms with E-state index in [4.69, 9.17) is 10.8 Å². The number of aliphatic hydroxyl groups excluding tert-OH is 1. The summed E-state index contributed by atoms with van der Waals surface area (Å²) in [6.07, 6.45) is 0. The fraction of sp³-hybridized carbons (Fsp3) is 0.200. The average molecular weight is 242 g/mol. The van der Waals surface area contributed by atoms with Gasteiger partial charge in [0.05, 0.1) is 6.61 Å². The van der Waals surface area contributed by atoms with Crippen molar-refractivity contribution in [1.82, 2.24) is 0 Å². The fourth-order valence-corrected chi connectivity index (χ4v) is 1.92. The van der Waals surface area contributed by atoms with Crippen LogP contribution in [-0.2, 0) is 13.2 Å². The number of nitrogen functional groups attached to an aromatic ring is 1. The van der Waals surface area contributed by atoms with Crippen LogP contribution in [0.25, 0.3) is 0 Å². The Labute approximate surface area is 107 Å². The lowest BCUT2D eigenvalue weighted by Gasteiger charge is -2.10. The number of benzene rings is 2. The Bertz CT molecular complexity index is 538. The Kier molecular flexibility index (Phi) is 3.85. The molecule has 94 valence electrons. The molecule has 0 unspecified atom stereocenters. The van der Waals surface area contributed by atoms with Gasteiger partial charge in [-0.2, -0.15) is 0 Å². The van der Waals surface area contributed by atoms with Gasteiger partial charge in [0.1, 0.15) is 0 Å². The number of rotatable bonds is 4. The van der Waals surface area contributed by atoms with Gasteiger partial charge in [-0.1, -0.05) is 24.3 Å². The first-order valence-electron chi connectivity index (χ1n) is 5.97. The Morgan fingerprint density at radius 1 is 1.11 bits per heavy atom. The van der Waals surface area contributed by atoms with Crippen molar-refractivity contribution < 1.29 is 5.11 Å². The third-order valence-corrected chi connectivity index (χ3v) is 2.91. The quantitative estimate of drug-likeness (QED) is 0.722. The van der Waals surface area contributed by atoms with E-state index in [1.165, 1.54) is 0 Å². The summed E-state index contributed by atoms with van der Waals surface area (Å²) in [7, 11) is 0. The lowest BCUT2D eigenvalue weighted by atomic mass is 10.1. The van der Waals surface area contributed by atoms with E-state index in [2.05, 4.69) is 5.32 Å². The first-order valence-corrected chi connectivity index (χ1v) is 5.97. The summed E-state index contributed by atoms with van der Waals surface area (Å²) < 4.78 is 0. The molecule has 3 nitrogen and oxygen atoms in total. The zero-order valence-electron chi connectivity index (χ0n) is 10.5. The van der Waals surface area contributed by atoms with Crippen molar-refractivity contribution in [2.45, 2.75) is 20.1 Å². The third kappa shape index (κ3) is 3.02. The summed E-state index contributed by atoms with van der Waals surface area (Å²) in [6, 6.07) is 13.7. The van der Waals surface area contributed by atoms with Crippen LogP contribution in [0.5, 0.6) is 0 Å². The highest BCUT2D eigenvalue weighted by molar-refractivity contribution is 5.57. The molecule has 0 aliphatic rings. The summed E-state index contributed by atoms with van der Waals surface area (Å²) in [5.74, 6) is 0. The molecule has 0 saturated heterocycles. The van der Waals surface area contributed by atoms with Crippen molar-refractivity contribution in [3.8, 4) is 0 Å². The zero-order chi connectivity index (χ0) is 13.0. The Morgan fingerprint density at radius 3 is 2.61 bits per heavy atom. The van der Waals surface area contributed by atoms with Crippen LogP contribution in [0.3, 0.4) is 0 Å². The predicted octanol–water partition coefficient (Wildman–Crippen LogP) is 2.68. The maximum absolute atomic E-state index is 9.09. The molecule has 0 spiro atoms. The molecule has 0 atom stereocenters. The molecule has 2 aromatic carbocycles. The molecular formula is C15H18N2O. The van der Waals surface area contributed by atoms with Crippen LogP contribution in [-0.4, -0.2) is 5.11 Å². The number of hydrogen-bond acceptors (Lipinski definition) is 3. The van der Waals surface area contributed by atoms with Gasteiger partial charge in [-0.3, -0.25) is 0 Å². The number of hydrogen-bond donors (Lipinski definition) is 3. The van der Waals surface area contributed by atoms with Crippen molar-refractivity contribution in [3.63, 3.8) is 0 Å². The van der Waals surface area contributed by atoms with Gasteiger partial charge >= 0.3 is 0 Å². The van der Waals surface area contributed by atoms with E-state index >= 15 is 0 Å². The van der Waals surface area contributed by atoms with Crippen molar-refractivity contribution in [1.29, 1.82) is 0 Å². The minimum atomic E-state index is 0.0781. The SMILES string of the molecule is Cc1cc(N)ccc1NCc1cccc(CO)c1. The molecule has 0 aliphatic carbocycles. The van der Waals surface area contributed by atoms with Crippen molar-refractivity contribution in [2.75, 3.05) is 11.1 Å². The van der Waals surface area contributed by atoms with Gasteiger partial charge in [0, 0.05) is 17.9 Å². The van der Waals surface area contributed by atoms with Crippen LogP contribution < -0.4 is 11.1 Å². The minimum absolute atomic E-state index is 0.0781. The van der Waals surface area contributed by atoms with Gasteiger partial charge in [0.25, 0.3) is 0 Å². The molecule has 0 amide bonds. The molecule has 0 aliphatic heterocycles. The van der Waals surface area contributed by atoms with Gasteiger partial charge in [0.15, 0.2) is 0 Å². The summed E-state index contributed by atoms with van der Waals surface area (Å²) in [4.78, 5) is 0. The number of aryl methyl sites for hydroxylation is 1. The van der Waals surface area contributed by atoms with Crippen LogP contribution >= 0.6 is 0 Å². The maximum atomic E-state index is 9.09. The van der Waals surface area contributed by atoms with E-state index in [0.717, 1.165) is 34.6 Å². The molecule has 2 aromatic rings. The first kappa shape index (κ1) is 12.5. The lowest BCUT2D eigenvalue weighted by molar-refractivity contribution is 0.281. The van der Waals surface area contributed by atoms with Gasteiger partial charge in [-0.25, -0.2) is 0 Å². The predicted molar refractivity (Wildman–Crippen MR) is 75.3 cm³/mol. The third-order valence-electron chi connectivity index (χ3n) is 2.91. The number of anilines is 2. The molecule has 3 heteroatoms. The van der Waals surface area contributed by atoms with Gasteiger partial charge in [-0.05, 0) is 41.8 Å². The molecule has 4 N–H and O–H groups in total. The van der Waals surface area contributed by atoms with E-state index in [1.54, 1.807) is 0 Å². The minimum Gasteiger partial charge on any atom is -0.399 e. The van der Waals surface area contributed by atoms with Crippen LogP contribution in [0.2, 0.25) is 0 Å².